The largest absolute Gasteiger partial charge is 0.553 e. The van der Waals surface area contributed by atoms with E-state index in [9.17, 15) is 14.5 Å². The second kappa shape index (κ2) is 8.41. The van der Waals surface area contributed by atoms with Crippen LogP contribution in [0, 0.1) is 0 Å². The van der Waals surface area contributed by atoms with E-state index in [0.717, 1.165) is 12.5 Å². The third-order valence-corrected chi connectivity index (χ3v) is 3.56. The van der Waals surface area contributed by atoms with E-state index < -0.39 is 23.3 Å². The highest BCUT2D eigenvalue weighted by Crippen LogP contribution is 2.11. The first kappa shape index (κ1) is 17.9. The van der Waals surface area contributed by atoms with Crippen molar-refractivity contribution in [1.29, 1.82) is 0 Å². The minimum absolute atomic E-state index is 0.0216. The Labute approximate surface area is 136 Å². The second-order valence-corrected chi connectivity index (χ2v) is 6.15. The van der Waals surface area contributed by atoms with Gasteiger partial charge in [-0.3, -0.25) is 4.68 Å². The Morgan fingerprint density at radius 3 is 3.09 bits per heavy atom. The molecule has 10 heteroatoms. The summed E-state index contributed by atoms with van der Waals surface area (Å²) in [5.74, 6) is -0.560. The first-order valence-corrected chi connectivity index (χ1v) is 8.10. The predicted molar refractivity (Wildman–Crippen MR) is 78.9 cm³/mol. The minimum Gasteiger partial charge on any atom is -0.553 e. The molecule has 128 valence electrons. The van der Waals surface area contributed by atoms with Crippen LogP contribution in [-0.2, 0) is 42.8 Å². The zero-order valence-electron chi connectivity index (χ0n) is 12.7. The van der Waals surface area contributed by atoms with Crippen LogP contribution >= 0.6 is 0 Å². The van der Waals surface area contributed by atoms with Crippen LogP contribution < -0.4 is 0 Å². The zero-order valence-corrected chi connectivity index (χ0v) is 13.5. The Hall–Kier alpha value is -1.46. The molecule has 0 saturated carbocycles. The number of esters is 1. The maximum Gasteiger partial charge on any atom is 0.330 e. The summed E-state index contributed by atoms with van der Waals surface area (Å²) >= 11 is -2.05. The Kier molecular flexibility index (Phi) is 6.54. The number of hydrogen-bond donors (Lipinski definition) is 1. The number of aryl methyl sites for hydroxylation is 1. The van der Waals surface area contributed by atoms with Gasteiger partial charge in [0.25, 0.3) is 11.7 Å². The van der Waals surface area contributed by atoms with Gasteiger partial charge < -0.3 is 14.4 Å². The summed E-state index contributed by atoms with van der Waals surface area (Å²) in [6, 6.07) is 0. The van der Waals surface area contributed by atoms with Crippen molar-refractivity contribution in [3.05, 3.63) is 24.0 Å². The van der Waals surface area contributed by atoms with Crippen LogP contribution in [0.1, 0.15) is 25.5 Å². The van der Waals surface area contributed by atoms with Crippen molar-refractivity contribution in [3.63, 3.8) is 0 Å². The number of aliphatic hydroxyl groups is 1. The van der Waals surface area contributed by atoms with Crippen LogP contribution in [0.4, 0.5) is 0 Å². The van der Waals surface area contributed by atoms with Gasteiger partial charge in [-0.2, -0.15) is 0 Å². The molecule has 2 atom stereocenters. The molecule has 0 aromatic carbocycles. The summed E-state index contributed by atoms with van der Waals surface area (Å²) in [7, 11) is 0. The van der Waals surface area contributed by atoms with Crippen LogP contribution in [0.5, 0.6) is 0 Å². The summed E-state index contributed by atoms with van der Waals surface area (Å²) in [5, 5.41) is 17.8. The first-order chi connectivity index (χ1) is 10.9. The molecule has 1 aliphatic heterocycles. The molecule has 1 aromatic rings. The molecule has 1 N–H and O–H groups in total. The molecule has 2 rings (SSSR count). The van der Waals surface area contributed by atoms with Gasteiger partial charge in [-0.05, 0) is 25.8 Å². The number of carbonyl (C=O) groups excluding carboxylic acids is 1. The molecule has 0 spiro atoms. The zero-order chi connectivity index (χ0) is 16.7. The average molecular weight is 345 g/mol. The number of cyclic esters (lactones) is 1. The number of ether oxygens (including phenoxy) is 1. The lowest BCUT2D eigenvalue weighted by Crippen LogP contribution is -2.30. The Morgan fingerprint density at radius 2 is 2.26 bits per heavy atom. The number of aromatic nitrogens is 3. The van der Waals surface area contributed by atoms with Gasteiger partial charge in [-0.15, -0.1) is 13.5 Å². The van der Waals surface area contributed by atoms with Crippen molar-refractivity contribution >= 4 is 17.7 Å². The van der Waals surface area contributed by atoms with Crippen LogP contribution in [0.2, 0.25) is 0 Å². The third-order valence-electron chi connectivity index (χ3n) is 2.94. The van der Waals surface area contributed by atoms with Gasteiger partial charge in [0.1, 0.15) is 17.9 Å². The quantitative estimate of drug-likeness (QED) is 0.517. The normalized spacial score (nSPS) is 29.5. The lowest BCUT2D eigenvalue weighted by Gasteiger charge is -2.17. The standard InChI is InChI=1S/C13H19N3O6S/c1-13(18)5-4-12(17)20-7-3-2-6-16-8-11(14-15-16)9-21-23(19)22-10-13/h4-5,8,18H,2-3,6-7,9-10H2,1H3/b5-4+. The molecule has 0 fully saturated rings. The maximum absolute atomic E-state index is 11.6. The Balaban J connectivity index is 1.99. The van der Waals surface area contributed by atoms with Gasteiger partial charge in [0, 0.05) is 12.6 Å². The maximum atomic E-state index is 11.6. The number of carbonyl (C=O) groups is 1. The highest BCUT2D eigenvalue weighted by molar-refractivity contribution is 7.81. The Morgan fingerprint density at radius 1 is 1.43 bits per heavy atom. The average Bonchev–Trinajstić information content (AvgIpc) is 2.96. The van der Waals surface area contributed by atoms with Crippen molar-refractivity contribution in [2.24, 2.45) is 0 Å². The SMILES string of the molecule is CC1(O)/C=C/C(=O)OCCCCn2cc(nn2)CO[S+]([O-])OC1. The molecule has 9 nitrogen and oxygen atoms in total. The van der Waals surface area contributed by atoms with Crippen molar-refractivity contribution in [1.82, 2.24) is 15.0 Å². The molecule has 2 bridgehead atoms. The van der Waals surface area contributed by atoms with Crippen LogP contribution in [0.3, 0.4) is 0 Å². The first-order valence-electron chi connectivity index (χ1n) is 7.10. The van der Waals surface area contributed by atoms with E-state index >= 15 is 0 Å². The second-order valence-electron chi connectivity index (χ2n) is 5.27. The molecule has 0 radical (unpaired) electrons. The van der Waals surface area contributed by atoms with Crippen LogP contribution in [-0.4, -0.2) is 49.4 Å². The van der Waals surface area contributed by atoms with Crippen LogP contribution in [0.25, 0.3) is 0 Å². The number of rotatable bonds is 0. The highest BCUT2D eigenvalue weighted by atomic mass is 32.3. The van der Waals surface area contributed by atoms with Gasteiger partial charge >= 0.3 is 5.97 Å². The molecule has 23 heavy (non-hydrogen) atoms. The number of fused-ring (bicyclic) bond motifs is 2. The summed E-state index contributed by atoms with van der Waals surface area (Å²) in [6.07, 6.45) is 5.46. The molecule has 1 aliphatic rings. The van der Waals surface area contributed by atoms with E-state index in [1.165, 1.54) is 13.0 Å². The minimum atomic E-state index is -2.05. The van der Waals surface area contributed by atoms with E-state index in [0.29, 0.717) is 18.7 Å². The smallest absolute Gasteiger partial charge is 0.330 e. The van der Waals surface area contributed by atoms with Crippen molar-refractivity contribution < 1.29 is 27.6 Å². The van der Waals surface area contributed by atoms with Gasteiger partial charge in [0.15, 0.2) is 6.61 Å². The molecule has 0 saturated heterocycles. The summed E-state index contributed by atoms with van der Waals surface area (Å²) in [6.45, 7) is 1.97. The summed E-state index contributed by atoms with van der Waals surface area (Å²) < 4.78 is 28.1. The molecular weight excluding hydrogens is 326 g/mol. The van der Waals surface area contributed by atoms with E-state index in [-0.39, 0.29) is 19.8 Å². The van der Waals surface area contributed by atoms with Gasteiger partial charge in [-0.25, -0.2) is 4.79 Å². The summed E-state index contributed by atoms with van der Waals surface area (Å²) in [4.78, 5) is 11.5. The molecule has 0 amide bonds. The number of nitrogens with zero attached hydrogens (tertiary/aromatic N) is 3. The topological polar surface area (TPSA) is 119 Å². The van der Waals surface area contributed by atoms with Gasteiger partial charge in [0.2, 0.25) is 0 Å². The predicted octanol–water partition coefficient (Wildman–Crippen LogP) is 0.0342. The van der Waals surface area contributed by atoms with Crippen molar-refractivity contribution in [2.75, 3.05) is 13.2 Å². The fraction of sp³-hybridized carbons (Fsp3) is 0.615. The van der Waals surface area contributed by atoms with E-state index in [1.54, 1.807) is 10.9 Å². The molecule has 2 heterocycles. The van der Waals surface area contributed by atoms with Gasteiger partial charge in [0.05, 0.1) is 12.8 Å². The fourth-order valence-corrected chi connectivity index (χ4v) is 2.34. The van der Waals surface area contributed by atoms with E-state index in [4.69, 9.17) is 13.1 Å². The lowest BCUT2D eigenvalue weighted by molar-refractivity contribution is -0.138. The van der Waals surface area contributed by atoms with Crippen LogP contribution in [0.15, 0.2) is 18.3 Å². The lowest BCUT2D eigenvalue weighted by atomic mass is 10.1. The number of hydrogen-bond acceptors (Lipinski definition) is 8. The van der Waals surface area contributed by atoms with Crippen molar-refractivity contribution in [3.8, 4) is 0 Å². The molecule has 1 aromatic heterocycles. The monoisotopic (exact) mass is 345 g/mol. The summed E-state index contributed by atoms with van der Waals surface area (Å²) in [5.41, 5.74) is -0.959. The Bertz CT molecular complexity index is 548. The highest BCUT2D eigenvalue weighted by Gasteiger charge is 2.23. The third kappa shape index (κ3) is 6.67. The van der Waals surface area contributed by atoms with Crippen molar-refractivity contribution in [2.45, 2.75) is 38.5 Å². The molecule has 2 unspecified atom stereocenters. The van der Waals surface area contributed by atoms with E-state index in [1.807, 2.05) is 0 Å². The fourth-order valence-electron chi connectivity index (χ4n) is 1.72. The van der Waals surface area contributed by atoms with E-state index in [2.05, 4.69) is 10.3 Å². The molecule has 0 aliphatic carbocycles. The molecular formula is C13H19N3O6S. The van der Waals surface area contributed by atoms with Gasteiger partial charge in [-0.1, -0.05) is 5.21 Å².